The van der Waals surface area contributed by atoms with Gasteiger partial charge in [0.25, 0.3) is 15.9 Å². The average Bonchev–Trinajstić information content (AvgIpc) is 3.04. The maximum Gasteiger partial charge on any atom is 0.261 e. The van der Waals surface area contributed by atoms with Crippen molar-refractivity contribution in [1.29, 1.82) is 0 Å². The van der Waals surface area contributed by atoms with Crippen LogP contribution in [0, 0.1) is 0 Å². The van der Waals surface area contributed by atoms with Gasteiger partial charge in [-0.2, -0.15) is 0 Å². The van der Waals surface area contributed by atoms with Crippen LogP contribution in [0.25, 0.3) is 0 Å². The lowest BCUT2D eigenvalue weighted by Crippen LogP contribution is -2.52. The Hall–Kier alpha value is -3.20. The summed E-state index contributed by atoms with van der Waals surface area (Å²) >= 11 is 0. The van der Waals surface area contributed by atoms with Crippen LogP contribution in [-0.2, 0) is 32.6 Å². The molecule has 2 aliphatic heterocycles. The number of aryl methyl sites for hydroxylation is 1. The first-order valence-corrected chi connectivity index (χ1v) is 11.7. The fraction of sp³-hybridized carbons (Fsp3) is 0.318. The molecule has 162 valence electrons. The van der Waals surface area contributed by atoms with Gasteiger partial charge in [0.1, 0.15) is 6.04 Å². The van der Waals surface area contributed by atoms with E-state index in [1.165, 1.54) is 11.0 Å². The lowest BCUT2D eigenvalue weighted by Gasteiger charge is -2.29. The topological polar surface area (TPSA) is 113 Å². The molecule has 3 amide bonds. The van der Waals surface area contributed by atoms with Crippen molar-refractivity contribution in [2.45, 2.75) is 50.1 Å². The van der Waals surface area contributed by atoms with Crippen molar-refractivity contribution >= 4 is 33.4 Å². The molecule has 2 N–H and O–H groups in total. The Labute approximate surface area is 180 Å². The Bertz CT molecular complexity index is 1160. The first-order valence-electron chi connectivity index (χ1n) is 10.2. The van der Waals surface area contributed by atoms with E-state index in [1.54, 1.807) is 36.4 Å². The predicted octanol–water partition coefficient (Wildman–Crippen LogP) is 2.20. The Morgan fingerprint density at radius 3 is 2.52 bits per heavy atom. The molecule has 0 aliphatic carbocycles. The number of nitrogens with zero attached hydrogens (tertiary/aromatic N) is 1. The molecule has 0 aromatic heterocycles. The second-order valence-electron chi connectivity index (χ2n) is 7.77. The number of piperidine rings is 1. The Balaban J connectivity index is 1.51. The molecule has 8 nitrogen and oxygen atoms in total. The van der Waals surface area contributed by atoms with Crippen molar-refractivity contribution in [3.8, 4) is 0 Å². The number of benzene rings is 2. The summed E-state index contributed by atoms with van der Waals surface area (Å²) in [7, 11) is -3.78. The van der Waals surface area contributed by atoms with E-state index >= 15 is 0 Å². The minimum atomic E-state index is -3.78. The number of fused-ring (bicyclic) bond motifs is 1. The standard InChI is InChI=1S/C22H23N3O5S/c1-2-3-14-4-7-17(8-5-14)31(29,30)24-16-6-9-18-15(12-16)13-25(22(18)28)19-10-11-20(26)23-21(19)27/h4-9,12,19,24H,2-3,10-11,13H2,1H3,(H,23,26,27). The molecule has 2 aromatic rings. The smallest absolute Gasteiger partial charge is 0.261 e. The fourth-order valence-electron chi connectivity index (χ4n) is 3.98. The number of anilines is 1. The van der Waals surface area contributed by atoms with Crippen LogP contribution in [0.5, 0.6) is 0 Å². The third-order valence-corrected chi connectivity index (χ3v) is 6.95. The molecule has 1 saturated heterocycles. The van der Waals surface area contributed by atoms with E-state index in [2.05, 4.69) is 17.0 Å². The van der Waals surface area contributed by atoms with E-state index in [1.807, 2.05) is 0 Å². The van der Waals surface area contributed by atoms with Crippen LogP contribution in [-0.4, -0.2) is 37.1 Å². The van der Waals surface area contributed by atoms with Gasteiger partial charge in [-0.25, -0.2) is 8.42 Å². The van der Waals surface area contributed by atoms with Crippen molar-refractivity contribution < 1.29 is 22.8 Å². The molecule has 1 atom stereocenters. The second kappa shape index (κ2) is 8.14. The van der Waals surface area contributed by atoms with Crippen LogP contribution >= 0.6 is 0 Å². The zero-order chi connectivity index (χ0) is 22.2. The van der Waals surface area contributed by atoms with Gasteiger partial charge in [-0.3, -0.25) is 24.4 Å². The van der Waals surface area contributed by atoms with E-state index in [0.29, 0.717) is 16.8 Å². The summed E-state index contributed by atoms with van der Waals surface area (Å²) in [5.74, 6) is -1.12. The van der Waals surface area contributed by atoms with Crippen molar-refractivity contribution in [1.82, 2.24) is 10.2 Å². The van der Waals surface area contributed by atoms with Crippen LogP contribution < -0.4 is 10.0 Å². The number of carbonyl (C=O) groups excluding carboxylic acids is 3. The van der Waals surface area contributed by atoms with E-state index in [-0.39, 0.29) is 36.1 Å². The molecule has 1 fully saturated rings. The van der Waals surface area contributed by atoms with E-state index in [0.717, 1.165) is 18.4 Å². The fourth-order valence-corrected chi connectivity index (χ4v) is 5.03. The van der Waals surface area contributed by atoms with Gasteiger partial charge in [-0.05, 0) is 54.3 Å². The monoisotopic (exact) mass is 441 g/mol. The minimum absolute atomic E-state index is 0.161. The van der Waals surface area contributed by atoms with E-state index in [4.69, 9.17) is 0 Å². The molecule has 9 heteroatoms. The normalized spacial score (nSPS) is 18.7. The number of hydrogen-bond acceptors (Lipinski definition) is 5. The summed E-state index contributed by atoms with van der Waals surface area (Å²) in [6.45, 7) is 2.24. The van der Waals surface area contributed by atoms with Gasteiger partial charge in [-0.15, -0.1) is 0 Å². The molecule has 2 aromatic carbocycles. The van der Waals surface area contributed by atoms with Gasteiger partial charge in [0, 0.05) is 24.2 Å². The Morgan fingerprint density at radius 2 is 1.84 bits per heavy atom. The van der Waals surface area contributed by atoms with Crippen LogP contribution in [0.15, 0.2) is 47.4 Å². The lowest BCUT2D eigenvalue weighted by atomic mass is 10.0. The third kappa shape index (κ3) is 4.18. The number of hydrogen-bond donors (Lipinski definition) is 2. The van der Waals surface area contributed by atoms with Crippen LogP contribution in [0.1, 0.15) is 47.7 Å². The predicted molar refractivity (Wildman–Crippen MR) is 114 cm³/mol. The first kappa shape index (κ1) is 21.0. The lowest BCUT2D eigenvalue weighted by molar-refractivity contribution is -0.136. The highest BCUT2D eigenvalue weighted by Crippen LogP contribution is 2.30. The van der Waals surface area contributed by atoms with Crippen LogP contribution in [0.3, 0.4) is 0 Å². The average molecular weight is 442 g/mol. The summed E-state index contributed by atoms with van der Waals surface area (Å²) in [5.41, 5.74) is 2.48. The number of sulfonamides is 1. The van der Waals surface area contributed by atoms with Gasteiger partial charge >= 0.3 is 0 Å². The molecule has 0 bridgehead atoms. The molecule has 0 spiro atoms. The summed E-state index contributed by atoms with van der Waals surface area (Å²) in [6.07, 6.45) is 2.32. The molecule has 31 heavy (non-hydrogen) atoms. The highest BCUT2D eigenvalue weighted by atomic mass is 32.2. The van der Waals surface area contributed by atoms with Crippen molar-refractivity contribution in [2.24, 2.45) is 0 Å². The van der Waals surface area contributed by atoms with Crippen molar-refractivity contribution in [3.05, 3.63) is 59.2 Å². The second-order valence-corrected chi connectivity index (χ2v) is 9.45. The van der Waals surface area contributed by atoms with E-state index in [9.17, 15) is 22.8 Å². The van der Waals surface area contributed by atoms with Crippen LogP contribution in [0.2, 0.25) is 0 Å². The van der Waals surface area contributed by atoms with E-state index < -0.39 is 22.0 Å². The molecule has 2 aliphatic rings. The summed E-state index contributed by atoms with van der Waals surface area (Å²) in [5, 5.41) is 2.26. The van der Waals surface area contributed by atoms with Gasteiger partial charge < -0.3 is 4.90 Å². The van der Waals surface area contributed by atoms with Gasteiger partial charge in [0.15, 0.2) is 0 Å². The Morgan fingerprint density at radius 1 is 1.10 bits per heavy atom. The SMILES string of the molecule is CCCc1ccc(S(=O)(=O)Nc2ccc3c(c2)CN(C2CCC(=O)NC2=O)C3=O)cc1. The number of nitrogens with one attached hydrogen (secondary N) is 2. The number of carbonyl (C=O) groups is 3. The summed E-state index contributed by atoms with van der Waals surface area (Å²) < 4.78 is 28.1. The highest BCUT2D eigenvalue weighted by molar-refractivity contribution is 7.92. The molecular formula is C22H23N3O5S. The van der Waals surface area contributed by atoms with Gasteiger partial charge in [0.05, 0.1) is 4.90 Å². The number of imide groups is 1. The largest absolute Gasteiger partial charge is 0.322 e. The number of amides is 3. The summed E-state index contributed by atoms with van der Waals surface area (Å²) in [6, 6.07) is 10.8. The molecule has 2 heterocycles. The zero-order valence-electron chi connectivity index (χ0n) is 17.1. The number of rotatable bonds is 6. The molecule has 4 rings (SSSR count). The Kier molecular flexibility index (Phi) is 5.53. The maximum absolute atomic E-state index is 12.7. The summed E-state index contributed by atoms with van der Waals surface area (Å²) in [4.78, 5) is 37.9. The van der Waals surface area contributed by atoms with Gasteiger partial charge in [-0.1, -0.05) is 25.5 Å². The third-order valence-electron chi connectivity index (χ3n) is 5.55. The van der Waals surface area contributed by atoms with Crippen molar-refractivity contribution in [2.75, 3.05) is 4.72 Å². The molecule has 0 saturated carbocycles. The highest BCUT2D eigenvalue weighted by Gasteiger charge is 2.39. The van der Waals surface area contributed by atoms with Gasteiger partial charge in [0.2, 0.25) is 11.8 Å². The van der Waals surface area contributed by atoms with Crippen molar-refractivity contribution in [3.63, 3.8) is 0 Å². The molecule has 0 radical (unpaired) electrons. The first-order chi connectivity index (χ1) is 14.8. The molecular weight excluding hydrogens is 418 g/mol. The maximum atomic E-state index is 12.7. The zero-order valence-corrected chi connectivity index (χ0v) is 17.9. The quantitative estimate of drug-likeness (QED) is 0.668. The minimum Gasteiger partial charge on any atom is -0.322 e. The molecule has 1 unspecified atom stereocenters. The van der Waals surface area contributed by atoms with Crippen LogP contribution in [0.4, 0.5) is 5.69 Å².